The van der Waals surface area contributed by atoms with Gasteiger partial charge < -0.3 is 10.8 Å². The Morgan fingerprint density at radius 2 is 1.24 bits per heavy atom. The second-order valence-corrected chi connectivity index (χ2v) is 9.41. The first kappa shape index (κ1) is 32.1. The molecule has 0 aromatic carbocycles. The zero-order valence-corrected chi connectivity index (χ0v) is 23.9. The molecule has 0 aliphatic carbocycles. The monoisotopic (exact) mass is 492 g/mol. The van der Waals surface area contributed by atoms with E-state index in [2.05, 4.69) is 32.6 Å². The summed E-state index contributed by atoms with van der Waals surface area (Å²) >= 11 is 0. The van der Waals surface area contributed by atoms with Crippen LogP contribution >= 0.6 is 0 Å². The van der Waals surface area contributed by atoms with E-state index in [1.165, 1.54) is 25.9 Å². The first-order valence-electron chi connectivity index (χ1n) is 11.7. The van der Waals surface area contributed by atoms with Crippen molar-refractivity contribution in [1.29, 1.82) is 0 Å². The van der Waals surface area contributed by atoms with E-state index in [9.17, 15) is 8.78 Å². The van der Waals surface area contributed by atoms with Crippen molar-refractivity contribution in [3.05, 3.63) is 5.92 Å². The fraction of sp³-hybridized carbons (Fsp3) is 0.958. The van der Waals surface area contributed by atoms with Crippen molar-refractivity contribution in [3.63, 3.8) is 0 Å². The Hall–Kier alpha value is 0.884. The van der Waals surface area contributed by atoms with Gasteiger partial charge in [-0.1, -0.05) is 41.5 Å². The zero-order valence-electron chi connectivity index (χ0n) is 21.1. The summed E-state index contributed by atoms with van der Waals surface area (Å²) in [4.78, 5) is 4.45. The van der Waals surface area contributed by atoms with Gasteiger partial charge in [-0.25, -0.2) is 8.78 Å². The molecule has 0 bridgehead atoms. The SMILES string of the molecule is CC.CC(C)C1CCN(C(C)C)CC1(F)F.CC(C)[C-]1CCN(C(C)C)CC1.[Y]. The number of hydrogen-bond acceptors (Lipinski definition) is 2. The fourth-order valence-corrected chi connectivity index (χ4v) is 4.15. The van der Waals surface area contributed by atoms with Gasteiger partial charge in [0.05, 0.1) is 6.54 Å². The van der Waals surface area contributed by atoms with Gasteiger partial charge in [0, 0.05) is 50.7 Å². The van der Waals surface area contributed by atoms with Gasteiger partial charge in [0.2, 0.25) is 0 Å². The summed E-state index contributed by atoms with van der Waals surface area (Å²) in [5.41, 5.74) is 0. The van der Waals surface area contributed by atoms with E-state index in [-0.39, 0.29) is 51.2 Å². The van der Waals surface area contributed by atoms with E-state index < -0.39 is 11.8 Å². The molecule has 29 heavy (non-hydrogen) atoms. The molecule has 2 fully saturated rings. The molecule has 0 spiro atoms. The largest absolute Gasteiger partial charge is 0.309 e. The van der Waals surface area contributed by atoms with E-state index in [1.807, 2.05) is 46.4 Å². The third kappa shape index (κ3) is 11.4. The molecule has 2 saturated heterocycles. The van der Waals surface area contributed by atoms with Crippen molar-refractivity contribution in [2.45, 2.75) is 107 Å². The maximum atomic E-state index is 13.7. The molecule has 0 aromatic heterocycles. The van der Waals surface area contributed by atoms with E-state index >= 15 is 0 Å². The summed E-state index contributed by atoms with van der Waals surface area (Å²) < 4.78 is 27.4. The van der Waals surface area contributed by atoms with Gasteiger partial charge in [-0.15, -0.1) is 0 Å². The molecule has 5 heteroatoms. The van der Waals surface area contributed by atoms with Crippen molar-refractivity contribution >= 4 is 0 Å². The Morgan fingerprint density at radius 1 is 0.793 bits per heavy atom. The normalized spacial score (nSPS) is 23.4. The smallest absolute Gasteiger partial charge is 0.263 e. The molecule has 173 valence electrons. The van der Waals surface area contributed by atoms with Crippen LogP contribution in [0.25, 0.3) is 0 Å². The van der Waals surface area contributed by atoms with Crippen molar-refractivity contribution in [2.24, 2.45) is 17.8 Å². The molecular weight excluding hydrogens is 443 g/mol. The van der Waals surface area contributed by atoms with Crippen LogP contribution in [0, 0.1) is 23.7 Å². The maximum Gasteiger partial charge on any atom is 0.263 e. The Bertz CT molecular complexity index is 376. The first-order valence-corrected chi connectivity index (χ1v) is 11.7. The van der Waals surface area contributed by atoms with E-state index in [0.29, 0.717) is 6.42 Å². The minimum Gasteiger partial charge on any atom is -0.309 e. The van der Waals surface area contributed by atoms with Crippen LogP contribution in [-0.4, -0.2) is 54.0 Å². The Balaban J connectivity index is 0. The number of likely N-dealkylation sites (tertiary alicyclic amines) is 2. The van der Waals surface area contributed by atoms with Crippen molar-refractivity contribution in [1.82, 2.24) is 9.80 Å². The number of piperidine rings is 2. The Labute approximate surface area is 206 Å². The van der Waals surface area contributed by atoms with E-state index in [4.69, 9.17) is 0 Å². The van der Waals surface area contributed by atoms with Crippen LogP contribution in [0.5, 0.6) is 0 Å². The van der Waals surface area contributed by atoms with Gasteiger partial charge in [0.25, 0.3) is 5.92 Å². The molecule has 0 saturated carbocycles. The number of nitrogens with zero attached hydrogens (tertiary/aromatic N) is 2. The molecule has 2 aliphatic rings. The predicted molar refractivity (Wildman–Crippen MR) is 120 cm³/mol. The summed E-state index contributed by atoms with van der Waals surface area (Å²) in [5.74, 6) is -0.278. The molecule has 1 unspecified atom stereocenters. The quantitative estimate of drug-likeness (QED) is 0.401. The van der Waals surface area contributed by atoms with Gasteiger partial charge in [-0.05, 0) is 59.7 Å². The molecule has 1 atom stereocenters. The minimum atomic E-state index is -2.50. The van der Waals surface area contributed by atoms with Crippen molar-refractivity contribution in [2.75, 3.05) is 26.2 Å². The van der Waals surface area contributed by atoms with Gasteiger partial charge in [-0.3, -0.25) is 4.90 Å². The summed E-state index contributed by atoms with van der Waals surface area (Å²) in [6.45, 7) is 24.3. The van der Waals surface area contributed by atoms with Crippen LogP contribution in [0.2, 0.25) is 0 Å². The third-order valence-corrected chi connectivity index (χ3v) is 6.21. The van der Waals surface area contributed by atoms with Crippen LogP contribution in [0.15, 0.2) is 0 Å². The van der Waals surface area contributed by atoms with E-state index in [0.717, 1.165) is 18.5 Å². The molecule has 0 aromatic rings. The molecule has 0 amide bonds. The average Bonchev–Trinajstić information content (AvgIpc) is 2.62. The topological polar surface area (TPSA) is 6.48 Å². The van der Waals surface area contributed by atoms with Gasteiger partial charge in [0.15, 0.2) is 0 Å². The van der Waals surface area contributed by atoms with Crippen LogP contribution in [0.1, 0.15) is 88.5 Å². The number of rotatable bonds is 4. The molecule has 1 radical (unpaired) electrons. The summed E-state index contributed by atoms with van der Waals surface area (Å²) in [6.07, 6.45) is 3.29. The fourth-order valence-electron chi connectivity index (χ4n) is 4.15. The molecule has 0 N–H and O–H groups in total. The van der Waals surface area contributed by atoms with Crippen LogP contribution < -0.4 is 0 Å². The van der Waals surface area contributed by atoms with E-state index in [1.54, 1.807) is 5.92 Å². The molecule has 2 rings (SSSR count). The predicted octanol–water partition coefficient (Wildman–Crippen LogP) is 6.75. The number of halogens is 2. The molecule has 2 nitrogen and oxygen atoms in total. The van der Waals surface area contributed by atoms with Crippen LogP contribution in [0.4, 0.5) is 8.78 Å². The average molecular weight is 493 g/mol. The van der Waals surface area contributed by atoms with Crippen molar-refractivity contribution < 1.29 is 41.5 Å². The van der Waals surface area contributed by atoms with Gasteiger partial charge >= 0.3 is 0 Å². The first-order chi connectivity index (χ1) is 13.0. The molecule has 2 heterocycles. The molecular formula is C24H49F2N2Y-. The summed E-state index contributed by atoms with van der Waals surface area (Å²) in [7, 11) is 0. The third-order valence-electron chi connectivity index (χ3n) is 6.21. The minimum absolute atomic E-state index is 0. The van der Waals surface area contributed by atoms with Crippen LogP contribution in [0.3, 0.4) is 0 Å². The number of alkyl halides is 2. The zero-order chi connectivity index (χ0) is 22.1. The van der Waals surface area contributed by atoms with Crippen LogP contribution in [-0.2, 0) is 32.7 Å². The Morgan fingerprint density at radius 3 is 1.55 bits per heavy atom. The summed E-state index contributed by atoms with van der Waals surface area (Å²) in [6, 6.07) is 0.965. The van der Waals surface area contributed by atoms with Gasteiger partial charge in [0.1, 0.15) is 0 Å². The summed E-state index contributed by atoms with van der Waals surface area (Å²) in [5, 5.41) is 0. The second kappa shape index (κ2) is 15.6. The number of hydrogen-bond donors (Lipinski definition) is 0. The van der Waals surface area contributed by atoms with Gasteiger partial charge in [-0.2, -0.15) is 18.8 Å². The second-order valence-electron chi connectivity index (χ2n) is 9.41. The maximum absolute atomic E-state index is 13.7. The standard InChI is InChI=1S/C11H21F2N.C11H22N.C2H6.Y/c1-8(2)10-5-6-14(9(3)4)7-11(10,12)13;1-9(2)11-5-7-12(8-6-11)10(3)4;1-2;/h8-10H,5-7H2,1-4H3;9-10H,5-8H2,1-4H3;1-2H3;/q;-1;;. The Kier molecular flexibility index (Phi) is 17.3. The van der Waals surface area contributed by atoms with Crippen molar-refractivity contribution in [3.8, 4) is 0 Å². The molecule has 2 aliphatic heterocycles.